The average Bonchev–Trinajstić information content (AvgIpc) is 3.07. The Labute approximate surface area is 151 Å². The lowest BCUT2D eigenvalue weighted by Gasteiger charge is -2.06. The maximum atomic E-state index is 4.26. The molecule has 0 radical (unpaired) electrons. The molecule has 1 heterocycles. The van der Waals surface area contributed by atoms with Gasteiger partial charge in [-0.15, -0.1) is 10.2 Å². The van der Waals surface area contributed by atoms with Crippen molar-refractivity contribution in [3.8, 4) is 0 Å². The lowest BCUT2D eigenvalue weighted by Crippen LogP contribution is -1.98. The minimum absolute atomic E-state index is 0.577. The first kappa shape index (κ1) is 17.0. The van der Waals surface area contributed by atoms with Crippen LogP contribution in [0.5, 0.6) is 0 Å². The molecule has 0 atom stereocenters. The van der Waals surface area contributed by atoms with Gasteiger partial charge in [0.15, 0.2) is 4.34 Å². The molecule has 0 saturated carbocycles. The number of anilines is 1. The van der Waals surface area contributed by atoms with E-state index in [0.29, 0.717) is 5.92 Å². The van der Waals surface area contributed by atoms with Gasteiger partial charge in [-0.2, -0.15) is 0 Å². The highest BCUT2D eigenvalue weighted by Gasteiger charge is 2.06. The second-order valence-electron chi connectivity index (χ2n) is 5.90. The highest BCUT2D eigenvalue weighted by atomic mass is 32.2. The smallest absolute Gasteiger partial charge is 0.206 e. The molecule has 0 aliphatic heterocycles. The maximum Gasteiger partial charge on any atom is 0.206 e. The number of rotatable bonds is 7. The van der Waals surface area contributed by atoms with Crippen molar-refractivity contribution in [3.63, 3.8) is 0 Å². The van der Waals surface area contributed by atoms with Crippen molar-refractivity contribution in [2.45, 2.75) is 36.4 Å². The number of nitrogens with zero attached hydrogens (tertiary/aromatic N) is 2. The van der Waals surface area contributed by atoms with E-state index in [1.165, 1.54) is 16.7 Å². The Morgan fingerprint density at radius 1 is 0.958 bits per heavy atom. The van der Waals surface area contributed by atoms with E-state index in [1.54, 1.807) is 23.1 Å². The first-order chi connectivity index (χ1) is 11.7. The molecule has 0 unspecified atom stereocenters. The Morgan fingerprint density at radius 3 is 2.42 bits per heavy atom. The van der Waals surface area contributed by atoms with E-state index < -0.39 is 0 Å². The van der Waals surface area contributed by atoms with Gasteiger partial charge < -0.3 is 5.32 Å². The summed E-state index contributed by atoms with van der Waals surface area (Å²) in [6.45, 7) is 5.21. The fraction of sp³-hybridized carbons (Fsp3) is 0.263. The van der Waals surface area contributed by atoms with Crippen molar-refractivity contribution in [3.05, 3.63) is 71.3 Å². The van der Waals surface area contributed by atoms with Crippen LogP contribution in [0.25, 0.3) is 0 Å². The molecule has 0 spiro atoms. The molecule has 0 aliphatic carbocycles. The summed E-state index contributed by atoms with van der Waals surface area (Å²) in [5, 5.41) is 12.7. The maximum absolute atomic E-state index is 4.26. The molecule has 3 rings (SSSR count). The summed E-state index contributed by atoms with van der Waals surface area (Å²) in [6, 6.07) is 19.2. The Kier molecular flexibility index (Phi) is 5.88. The van der Waals surface area contributed by atoms with Crippen LogP contribution in [0, 0.1) is 0 Å². The third kappa shape index (κ3) is 4.82. The van der Waals surface area contributed by atoms with Crippen molar-refractivity contribution >= 4 is 28.2 Å². The molecule has 3 nitrogen and oxygen atoms in total. The van der Waals surface area contributed by atoms with Crippen LogP contribution in [0.3, 0.4) is 0 Å². The van der Waals surface area contributed by atoms with Gasteiger partial charge in [0.25, 0.3) is 0 Å². The highest BCUT2D eigenvalue weighted by Crippen LogP contribution is 2.29. The quantitative estimate of drug-likeness (QED) is 0.563. The summed E-state index contributed by atoms with van der Waals surface area (Å²) in [5.74, 6) is 1.50. The summed E-state index contributed by atoms with van der Waals surface area (Å²) in [7, 11) is 0. The standard InChI is InChI=1S/C19H21N3S2/c1-14(2)17-10-8-16(9-11-17)13-23-19-22-21-18(24-19)20-12-15-6-4-3-5-7-15/h3-11,14H,12-13H2,1-2H3,(H,20,21). The Morgan fingerprint density at radius 2 is 1.71 bits per heavy atom. The SMILES string of the molecule is CC(C)c1ccc(CSc2nnc(NCc3ccccc3)s2)cc1. The molecule has 0 fully saturated rings. The molecular formula is C19H21N3S2. The second kappa shape index (κ2) is 8.31. The second-order valence-corrected chi connectivity index (χ2v) is 8.10. The third-order valence-corrected chi connectivity index (χ3v) is 5.79. The molecular weight excluding hydrogens is 334 g/mol. The van der Waals surface area contributed by atoms with Gasteiger partial charge >= 0.3 is 0 Å². The summed E-state index contributed by atoms with van der Waals surface area (Å²) >= 11 is 3.34. The first-order valence-electron chi connectivity index (χ1n) is 8.03. The van der Waals surface area contributed by atoms with Crippen molar-refractivity contribution in [1.82, 2.24) is 10.2 Å². The van der Waals surface area contributed by atoms with Crippen LogP contribution in [-0.4, -0.2) is 10.2 Å². The zero-order chi connectivity index (χ0) is 16.8. The topological polar surface area (TPSA) is 37.8 Å². The van der Waals surface area contributed by atoms with Crippen LogP contribution < -0.4 is 5.32 Å². The number of benzene rings is 2. The largest absolute Gasteiger partial charge is 0.356 e. The molecule has 0 saturated heterocycles. The summed E-state index contributed by atoms with van der Waals surface area (Å²) < 4.78 is 0.999. The number of hydrogen-bond donors (Lipinski definition) is 1. The molecule has 24 heavy (non-hydrogen) atoms. The Hall–Kier alpha value is -1.85. The summed E-state index contributed by atoms with van der Waals surface area (Å²) in [4.78, 5) is 0. The van der Waals surface area contributed by atoms with Crippen molar-refractivity contribution in [2.24, 2.45) is 0 Å². The van der Waals surface area contributed by atoms with Gasteiger partial charge in [0.2, 0.25) is 5.13 Å². The number of aromatic nitrogens is 2. The number of thioether (sulfide) groups is 1. The average molecular weight is 356 g/mol. The Balaban J connectivity index is 1.50. The van der Waals surface area contributed by atoms with E-state index in [9.17, 15) is 0 Å². The zero-order valence-electron chi connectivity index (χ0n) is 13.9. The van der Waals surface area contributed by atoms with Crippen LogP contribution >= 0.6 is 23.1 Å². The summed E-state index contributed by atoms with van der Waals surface area (Å²) in [5.41, 5.74) is 3.94. The van der Waals surface area contributed by atoms with E-state index in [4.69, 9.17) is 0 Å². The molecule has 2 aromatic carbocycles. The Bertz CT molecular complexity index is 752. The van der Waals surface area contributed by atoms with Gasteiger partial charge in [-0.3, -0.25) is 0 Å². The van der Waals surface area contributed by atoms with Crippen LogP contribution in [0.4, 0.5) is 5.13 Å². The van der Waals surface area contributed by atoms with Gasteiger partial charge in [-0.05, 0) is 22.6 Å². The molecule has 0 bridgehead atoms. The van der Waals surface area contributed by atoms with E-state index in [-0.39, 0.29) is 0 Å². The normalized spacial score (nSPS) is 11.0. The van der Waals surface area contributed by atoms with Gasteiger partial charge in [0, 0.05) is 12.3 Å². The lowest BCUT2D eigenvalue weighted by atomic mass is 10.0. The molecule has 5 heteroatoms. The first-order valence-corrected chi connectivity index (χ1v) is 9.84. The number of nitrogens with one attached hydrogen (secondary N) is 1. The molecule has 1 aromatic heterocycles. The van der Waals surface area contributed by atoms with Gasteiger partial charge in [-0.1, -0.05) is 91.5 Å². The van der Waals surface area contributed by atoms with E-state index in [1.807, 2.05) is 18.2 Å². The van der Waals surface area contributed by atoms with Crippen LogP contribution in [0.1, 0.15) is 36.5 Å². The van der Waals surface area contributed by atoms with Crippen molar-refractivity contribution in [2.75, 3.05) is 5.32 Å². The lowest BCUT2D eigenvalue weighted by molar-refractivity contribution is 0.866. The third-order valence-electron chi connectivity index (χ3n) is 3.70. The van der Waals surface area contributed by atoms with Crippen LogP contribution in [0.15, 0.2) is 58.9 Å². The zero-order valence-corrected chi connectivity index (χ0v) is 15.5. The van der Waals surface area contributed by atoms with Crippen LogP contribution in [-0.2, 0) is 12.3 Å². The predicted octanol–water partition coefficient (Wildman–Crippen LogP) is 5.57. The highest BCUT2D eigenvalue weighted by molar-refractivity contribution is 8.00. The van der Waals surface area contributed by atoms with Gasteiger partial charge in [0.05, 0.1) is 0 Å². The fourth-order valence-corrected chi connectivity index (χ4v) is 3.96. The monoisotopic (exact) mass is 355 g/mol. The fourth-order valence-electron chi connectivity index (χ4n) is 2.26. The van der Waals surface area contributed by atoms with E-state index in [2.05, 4.69) is 65.8 Å². The minimum atomic E-state index is 0.577. The molecule has 0 amide bonds. The van der Waals surface area contributed by atoms with Crippen molar-refractivity contribution < 1.29 is 0 Å². The van der Waals surface area contributed by atoms with E-state index >= 15 is 0 Å². The van der Waals surface area contributed by atoms with Crippen molar-refractivity contribution in [1.29, 1.82) is 0 Å². The minimum Gasteiger partial charge on any atom is -0.356 e. The van der Waals surface area contributed by atoms with Crippen LogP contribution in [0.2, 0.25) is 0 Å². The number of hydrogen-bond acceptors (Lipinski definition) is 5. The van der Waals surface area contributed by atoms with Gasteiger partial charge in [0.1, 0.15) is 0 Å². The molecule has 0 aliphatic rings. The molecule has 1 N–H and O–H groups in total. The van der Waals surface area contributed by atoms with E-state index in [0.717, 1.165) is 21.8 Å². The summed E-state index contributed by atoms with van der Waals surface area (Å²) in [6.07, 6.45) is 0. The predicted molar refractivity (Wildman–Crippen MR) is 104 cm³/mol. The molecule has 3 aromatic rings. The molecule has 124 valence electrons. The van der Waals surface area contributed by atoms with Gasteiger partial charge in [-0.25, -0.2) is 0 Å².